The Kier molecular flexibility index (Phi) is 4.04. The highest BCUT2D eigenvalue weighted by Crippen LogP contribution is 2.19. The van der Waals surface area contributed by atoms with Crippen LogP contribution in [0.15, 0.2) is 29.0 Å². The van der Waals surface area contributed by atoms with Crippen molar-refractivity contribution in [2.75, 3.05) is 0 Å². The molecule has 0 bridgehead atoms. The number of pyridine rings is 1. The van der Waals surface area contributed by atoms with Crippen LogP contribution in [0.3, 0.4) is 0 Å². The normalized spacial score (nSPS) is 14.4. The number of hydrogen-bond donors (Lipinski definition) is 1. The Morgan fingerprint density at radius 2 is 2.28 bits per heavy atom. The van der Waals surface area contributed by atoms with Gasteiger partial charge in [0.2, 0.25) is 5.89 Å². The van der Waals surface area contributed by atoms with E-state index in [9.17, 15) is 5.11 Å². The van der Waals surface area contributed by atoms with Gasteiger partial charge in [0.1, 0.15) is 0 Å². The second-order valence-corrected chi connectivity index (χ2v) is 4.35. The summed E-state index contributed by atoms with van der Waals surface area (Å²) in [6.07, 6.45) is 4.32. The Balaban J connectivity index is 2.07. The van der Waals surface area contributed by atoms with E-state index in [-0.39, 0.29) is 5.92 Å². The molecule has 2 aromatic heterocycles. The maximum Gasteiger partial charge on any atom is 0.232 e. The first-order valence-electron chi connectivity index (χ1n) is 6.10. The summed E-state index contributed by atoms with van der Waals surface area (Å²) in [4.78, 5) is 8.35. The number of nitrogens with zero attached hydrogens (tertiary/aromatic N) is 3. The van der Waals surface area contributed by atoms with Crippen LogP contribution in [0.2, 0.25) is 0 Å². The van der Waals surface area contributed by atoms with Gasteiger partial charge in [-0.05, 0) is 18.1 Å². The van der Waals surface area contributed by atoms with Crippen LogP contribution < -0.4 is 0 Å². The summed E-state index contributed by atoms with van der Waals surface area (Å²) in [6, 6.07) is 3.84. The minimum absolute atomic E-state index is 0.134. The largest absolute Gasteiger partial charge is 0.392 e. The van der Waals surface area contributed by atoms with E-state index >= 15 is 0 Å². The van der Waals surface area contributed by atoms with Gasteiger partial charge in [-0.15, -0.1) is 0 Å². The van der Waals surface area contributed by atoms with Crippen LogP contribution in [0.25, 0.3) is 0 Å². The molecule has 0 aliphatic rings. The maximum absolute atomic E-state index is 9.74. The number of hydrogen-bond acceptors (Lipinski definition) is 5. The summed E-state index contributed by atoms with van der Waals surface area (Å²) in [5, 5.41) is 13.7. The van der Waals surface area contributed by atoms with Crippen LogP contribution in [0.1, 0.15) is 43.5 Å². The fourth-order valence-electron chi connectivity index (χ4n) is 1.73. The molecule has 0 aromatic carbocycles. The summed E-state index contributed by atoms with van der Waals surface area (Å²) in [7, 11) is 0. The van der Waals surface area contributed by atoms with E-state index in [0.717, 1.165) is 5.56 Å². The SMILES string of the molecule is CCC(O)C(C)c1nc(Cc2cccnc2)no1. The molecule has 1 N–H and O–H groups in total. The molecule has 18 heavy (non-hydrogen) atoms. The molecule has 0 aliphatic heterocycles. The fourth-order valence-corrected chi connectivity index (χ4v) is 1.73. The number of aliphatic hydroxyl groups excluding tert-OH is 1. The molecular formula is C13H17N3O2. The Morgan fingerprint density at radius 3 is 2.94 bits per heavy atom. The van der Waals surface area contributed by atoms with Crippen LogP contribution in [0, 0.1) is 0 Å². The van der Waals surface area contributed by atoms with Gasteiger partial charge in [-0.25, -0.2) is 0 Å². The van der Waals surface area contributed by atoms with Crippen LogP contribution in [0.4, 0.5) is 0 Å². The lowest BCUT2D eigenvalue weighted by Gasteiger charge is -2.11. The predicted molar refractivity (Wildman–Crippen MR) is 66.1 cm³/mol. The van der Waals surface area contributed by atoms with Gasteiger partial charge < -0.3 is 9.63 Å². The summed E-state index contributed by atoms with van der Waals surface area (Å²) in [5.74, 6) is 0.974. The molecule has 0 fully saturated rings. The van der Waals surface area contributed by atoms with Crippen molar-refractivity contribution in [1.82, 2.24) is 15.1 Å². The molecule has 2 aromatic rings. The monoisotopic (exact) mass is 247 g/mol. The average Bonchev–Trinajstić information content (AvgIpc) is 2.86. The lowest BCUT2D eigenvalue weighted by molar-refractivity contribution is 0.129. The smallest absolute Gasteiger partial charge is 0.232 e. The molecule has 5 heteroatoms. The van der Waals surface area contributed by atoms with Gasteiger partial charge in [-0.3, -0.25) is 4.98 Å². The first kappa shape index (κ1) is 12.7. The highest BCUT2D eigenvalue weighted by molar-refractivity contribution is 5.14. The van der Waals surface area contributed by atoms with E-state index in [1.54, 1.807) is 12.4 Å². The predicted octanol–water partition coefficient (Wildman–Crippen LogP) is 1.93. The first-order valence-corrected chi connectivity index (χ1v) is 6.10. The molecule has 2 atom stereocenters. The van der Waals surface area contributed by atoms with Gasteiger partial charge in [0.15, 0.2) is 5.82 Å². The van der Waals surface area contributed by atoms with E-state index in [1.165, 1.54) is 0 Å². The van der Waals surface area contributed by atoms with Crippen molar-refractivity contribution >= 4 is 0 Å². The summed E-state index contributed by atoms with van der Waals surface area (Å²) in [6.45, 7) is 3.81. The minimum atomic E-state index is -0.448. The molecule has 0 aliphatic carbocycles. The molecule has 2 unspecified atom stereocenters. The topological polar surface area (TPSA) is 72.0 Å². The maximum atomic E-state index is 9.74. The van der Waals surface area contributed by atoms with Crippen LogP contribution in [-0.4, -0.2) is 26.3 Å². The van der Waals surface area contributed by atoms with Gasteiger partial charge in [-0.1, -0.05) is 25.1 Å². The molecule has 5 nitrogen and oxygen atoms in total. The zero-order chi connectivity index (χ0) is 13.0. The molecule has 0 radical (unpaired) electrons. The van der Waals surface area contributed by atoms with Crippen molar-refractivity contribution in [3.05, 3.63) is 41.8 Å². The van der Waals surface area contributed by atoms with Crippen LogP contribution in [0.5, 0.6) is 0 Å². The van der Waals surface area contributed by atoms with Gasteiger partial charge >= 0.3 is 0 Å². The summed E-state index contributed by atoms with van der Waals surface area (Å²) in [5.41, 5.74) is 1.04. The molecule has 2 rings (SSSR count). The van der Waals surface area contributed by atoms with E-state index in [4.69, 9.17) is 4.52 Å². The van der Waals surface area contributed by atoms with Crippen molar-refractivity contribution < 1.29 is 9.63 Å². The Morgan fingerprint density at radius 1 is 1.44 bits per heavy atom. The summed E-state index contributed by atoms with van der Waals surface area (Å²) >= 11 is 0. The van der Waals surface area contributed by atoms with Crippen LogP contribution in [-0.2, 0) is 6.42 Å². The van der Waals surface area contributed by atoms with Gasteiger partial charge in [0.25, 0.3) is 0 Å². The van der Waals surface area contributed by atoms with Crippen molar-refractivity contribution in [3.8, 4) is 0 Å². The quantitative estimate of drug-likeness (QED) is 0.874. The van der Waals surface area contributed by atoms with E-state index in [2.05, 4.69) is 15.1 Å². The first-order chi connectivity index (χ1) is 8.70. The molecule has 2 heterocycles. The van der Waals surface area contributed by atoms with Crippen molar-refractivity contribution in [3.63, 3.8) is 0 Å². The Labute approximate surface area is 106 Å². The zero-order valence-corrected chi connectivity index (χ0v) is 10.6. The number of aromatic nitrogens is 3. The molecule has 0 amide bonds. The molecular weight excluding hydrogens is 230 g/mol. The number of aliphatic hydroxyl groups is 1. The average molecular weight is 247 g/mol. The number of rotatable bonds is 5. The highest BCUT2D eigenvalue weighted by Gasteiger charge is 2.20. The second kappa shape index (κ2) is 5.73. The molecule has 0 spiro atoms. The van der Waals surface area contributed by atoms with Crippen molar-refractivity contribution in [2.45, 2.75) is 38.7 Å². The highest BCUT2D eigenvalue weighted by atomic mass is 16.5. The van der Waals surface area contributed by atoms with E-state index < -0.39 is 6.10 Å². The fraction of sp³-hybridized carbons (Fsp3) is 0.462. The molecule has 0 saturated heterocycles. The molecule has 96 valence electrons. The third kappa shape index (κ3) is 2.92. The van der Waals surface area contributed by atoms with Gasteiger partial charge in [0.05, 0.1) is 12.0 Å². The third-order valence-electron chi connectivity index (χ3n) is 2.95. The standard InChI is InChI=1S/C13H17N3O2/c1-3-11(17)9(2)13-15-12(16-18-13)7-10-5-4-6-14-8-10/h4-6,8-9,11,17H,3,7H2,1-2H3. The van der Waals surface area contributed by atoms with Crippen molar-refractivity contribution in [1.29, 1.82) is 0 Å². The molecule has 0 saturated carbocycles. The second-order valence-electron chi connectivity index (χ2n) is 4.35. The Hall–Kier alpha value is -1.75. The lowest BCUT2D eigenvalue weighted by atomic mass is 10.0. The lowest BCUT2D eigenvalue weighted by Crippen LogP contribution is -2.14. The van der Waals surface area contributed by atoms with Crippen molar-refractivity contribution in [2.24, 2.45) is 0 Å². The Bertz CT molecular complexity index is 484. The zero-order valence-electron chi connectivity index (χ0n) is 10.6. The van der Waals surface area contributed by atoms with E-state index in [0.29, 0.717) is 24.6 Å². The van der Waals surface area contributed by atoms with Crippen LogP contribution >= 0.6 is 0 Å². The van der Waals surface area contributed by atoms with E-state index in [1.807, 2.05) is 26.0 Å². The van der Waals surface area contributed by atoms with Gasteiger partial charge in [-0.2, -0.15) is 4.98 Å². The minimum Gasteiger partial charge on any atom is -0.392 e. The van der Waals surface area contributed by atoms with Gasteiger partial charge in [0, 0.05) is 18.8 Å². The summed E-state index contributed by atoms with van der Waals surface area (Å²) < 4.78 is 5.18. The third-order valence-corrected chi connectivity index (χ3v) is 2.95.